The first-order valence-electron chi connectivity index (χ1n) is 12.4. The normalized spacial score (nSPS) is 18.7. The van der Waals surface area contributed by atoms with Gasteiger partial charge in [-0.3, -0.25) is 9.69 Å². The van der Waals surface area contributed by atoms with Crippen LogP contribution >= 0.6 is 11.8 Å². The Kier molecular flexibility index (Phi) is 7.72. The molecule has 1 aliphatic carbocycles. The number of hydrogen-bond acceptors (Lipinski definition) is 5. The van der Waals surface area contributed by atoms with Crippen LogP contribution in [0.15, 0.2) is 88.8 Å². The molecule has 0 spiro atoms. The molecule has 36 heavy (non-hydrogen) atoms. The van der Waals surface area contributed by atoms with Crippen LogP contribution in [0, 0.1) is 0 Å². The number of carbonyl (C=O) groups excluding carboxylic acids is 1. The number of ether oxygens (including phenoxy) is 2. The van der Waals surface area contributed by atoms with Crippen molar-refractivity contribution in [1.29, 1.82) is 0 Å². The topological polar surface area (TPSA) is 51.1 Å². The van der Waals surface area contributed by atoms with Crippen molar-refractivity contribution in [3.05, 3.63) is 94.9 Å². The monoisotopic (exact) mass is 498 g/mol. The Bertz CT molecular complexity index is 1250. The van der Waals surface area contributed by atoms with E-state index in [0.29, 0.717) is 23.0 Å². The van der Waals surface area contributed by atoms with Crippen molar-refractivity contribution in [3.63, 3.8) is 0 Å². The molecular formula is C30H30N2O3S. The fourth-order valence-corrected chi connectivity index (χ4v) is 5.68. The van der Waals surface area contributed by atoms with Crippen LogP contribution in [-0.4, -0.2) is 29.1 Å². The third-order valence-corrected chi connectivity index (χ3v) is 7.46. The summed E-state index contributed by atoms with van der Waals surface area (Å²) in [6.07, 6.45) is 7.51. The van der Waals surface area contributed by atoms with E-state index in [1.165, 1.54) is 18.2 Å². The van der Waals surface area contributed by atoms with Crippen molar-refractivity contribution < 1.29 is 14.3 Å². The molecule has 1 saturated carbocycles. The summed E-state index contributed by atoms with van der Waals surface area (Å²) in [5.41, 5.74) is 2.84. The van der Waals surface area contributed by atoms with E-state index < -0.39 is 0 Å². The van der Waals surface area contributed by atoms with E-state index in [9.17, 15) is 4.79 Å². The van der Waals surface area contributed by atoms with Gasteiger partial charge in [0.05, 0.1) is 17.7 Å². The van der Waals surface area contributed by atoms with Gasteiger partial charge in [0.15, 0.2) is 16.7 Å². The second kappa shape index (κ2) is 11.5. The number of para-hydroxylation sites is 1. The maximum Gasteiger partial charge on any atom is 0.267 e. The predicted molar refractivity (Wildman–Crippen MR) is 147 cm³/mol. The number of amides is 1. The zero-order valence-electron chi connectivity index (χ0n) is 20.4. The SMILES string of the molecule is COc1cc(/C=C2\SC(=Nc3ccccc3)N(C3CCCCC3)C2=O)ccc1OCc1ccccc1. The van der Waals surface area contributed by atoms with Gasteiger partial charge in [-0.05, 0) is 66.1 Å². The minimum absolute atomic E-state index is 0.0324. The van der Waals surface area contributed by atoms with Crippen molar-refractivity contribution in [2.75, 3.05) is 7.11 Å². The molecule has 0 radical (unpaired) electrons. The first kappa shape index (κ1) is 24.2. The molecule has 0 unspecified atom stereocenters. The molecule has 184 valence electrons. The summed E-state index contributed by atoms with van der Waals surface area (Å²) in [6, 6.07) is 25.9. The van der Waals surface area contributed by atoms with E-state index >= 15 is 0 Å². The summed E-state index contributed by atoms with van der Waals surface area (Å²) in [7, 11) is 1.63. The lowest BCUT2D eigenvalue weighted by Gasteiger charge is -2.30. The van der Waals surface area contributed by atoms with Crippen molar-refractivity contribution in [1.82, 2.24) is 4.90 Å². The number of benzene rings is 3. The van der Waals surface area contributed by atoms with Gasteiger partial charge in [0.25, 0.3) is 5.91 Å². The number of thioether (sulfide) groups is 1. The highest BCUT2D eigenvalue weighted by Crippen LogP contribution is 2.39. The van der Waals surface area contributed by atoms with Crippen LogP contribution in [0.3, 0.4) is 0 Å². The molecule has 5 nitrogen and oxygen atoms in total. The Morgan fingerprint density at radius 1 is 0.944 bits per heavy atom. The predicted octanol–water partition coefficient (Wildman–Crippen LogP) is 7.21. The van der Waals surface area contributed by atoms with Crippen molar-refractivity contribution in [2.24, 2.45) is 4.99 Å². The summed E-state index contributed by atoms with van der Waals surface area (Å²) in [5.74, 6) is 1.34. The van der Waals surface area contributed by atoms with Crippen LogP contribution in [0.2, 0.25) is 0 Å². The van der Waals surface area contributed by atoms with Crippen LogP contribution in [0.25, 0.3) is 6.08 Å². The molecule has 2 aliphatic rings. The molecule has 0 N–H and O–H groups in total. The van der Waals surface area contributed by atoms with Gasteiger partial charge < -0.3 is 9.47 Å². The molecule has 6 heteroatoms. The minimum Gasteiger partial charge on any atom is -0.493 e. The number of methoxy groups -OCH3 is 1. The highest BCUT2D eigenvalue weighted by molar-refractivity contribution is 8.18. The summed E-state index contributed by atoms with van der Waals surface area (Å²) >= 11 is 1.45. The van der Waals surface area contributed by atoms with Crippen LogP contribution in [0.5, 0.6) is 11.5 Å². The molecule has 0 bridgehead atoms. The lowest BCUT2D eigenvalue weighted by Crippen LogP contribution is -2.40. The Hall–Kier alpha value is -3.51. The first-order valence-corrected chi connectivity index (χ1v) is 13.2. The van der Waals surface area contributed by atoms with E-state index in [4.69, 9.17) is 14.5 Å². The van der Waals surface area contributed by atoms with Crippen LogP contribution in [0.4, 0.5) is 5.69 Å². The second-order valence-electron chi connectivity index (χ2n) is 8.99. The Labute approximate surface area is 216 Å². The summed E-state index contributed by atoms with van der Waals surface area (Å²) in [5, 5.41) is 0.763. The van der Waals surface area contributed by atoms with Crippen LogP contribution < -0.4 is 9.47 Å². The number of rotatable bonds is 7. The number of amidine groups is 1. The number of aliphatic imine (C=N–C) groups is 1. The van der Waals surface area contributed by atoms with Gasteiger partial charge in [-0.15, -0.1) is 0 Å². The third kappa shape index (κ3) is 5.65. The molecule has 2 fully saturated rings. The second-order valence-corrected chi connectivity index (χ2v) is 10.0. The van der Waals surface area contributed by atoms with Crippen molar-refractivity contribution in [3.8, 4) is 11.5 Å². The zero-order valence-corrected chi connectivity index (χ0v) is 21.2. The molecule has 1 saturated heterocycles. The molecule has 1 heterocycles. The molecule has 3 aromatic carbocycles. The molecular weight excluding hydrogens is 468 g/mol. The van der Waals surface area contributed by atoms with Gasteiger partial charge in [-0.25, -0.2) is 4.99 Å². The fraction of sp³-hybridized carbons (Fsp3) is 0.267. The average molecular weight is 499 g/mol. The number of carbonyl (C=O) groups is 1. The maximum atomic E-state index is 13.6. The highest BCUT2D eigenvalue weighted by atomic mass is 32.2. The highest BCUT2D eigenvalue weighted by Gasteiger charge is 2.38. The van der Waals surface area contributed by atoms with Crippen LogP contribution in [-0.2, 0) is 11.4 Å². The lowest BCUT2D eigenvalue weighted by atomic mass is 9.94. The molecule has 5 rings (SSSR count). The smallest absolute Gasteiger partial charge is 0.267 e. The van der Waals surface area contributed by atoms with Gasteiger partial charge in [0.2, 0.25) is 0 Å². The average Bonchev–Trinajstić information content (AvgIpc) is 3.23. The Balaban J connectivity index is 1.40. The summed E-state index contributed by atoms with van der Waals surface area (Å²) < 4.78 is 11.6. The molecule has 1 amide bonds. The number of nitrogens with zero attached hydrogens (tertiary/aromatic N) is 2. The van der Waals surface area contributed by atoms with E-state index in [1.54, 1.807) is 7.11 Å². The maximum absolute atomic E-state index is 13.6. The fourth-order valence-electron chi connectivity index (χ4n) is 4.62. The Morgan fingerprint density at radius 3 is 2.39 bits per heavy atom. The quantitative estimate of drug-likeness (QED) is 0.323. The van der Waals surface area contributed by atoms with Gasteiger partial charge in [-0.1, -0.05) is 73.9 Å². The zero-order chi connectivity index (χ0) is 24.7. The minimum atomic E-state index is 0.0324. The largest absolute Gasteiger partial charge is 0.493 e. The molecule has 3 aromatic rings. The van der Waals surface area contributed by atoms with Crippen LogP contribution in [0.1, 0.15) is 43.2 Å². The summed E-state index contributed by atoms with van der Waals surface area (Å²) in [4.78, 5) is 21.1. The van der Waals surface area contributed by atoms with Crippen molar-refractivity contribution >= 4 is 34.6 Å². The van der Waals surface area contributed by atoms with Gasteiger partial charge in [0, 0.05) is 6.04 Å². The third-order valence-electron chi connectivity index (χ3n) is 6.48. The first-order chi connectivity index (χ1) is 17.7. The Morgan fingerprint density at radius 2 is 1.67 bits per heavy atom. The molecule has 1 aliphatic heterocycles. The van der Waals surface area contributed by atoms with E-state index in [0.717, 1.165) is 47.7 Å². The van der Waals surface area contributed by atoms with Gasteiger partial charge >= 0.3 is 0 Å². The standard InChI is InChI=1S/C30H30N2O3S/c1-34-27-19-23(17-18-26(27)35-21-22-11-5-2-6-12-22)20-28-29(33)32(25-15-9-4-10-16-25)30(36-28)31-24-13-7-3-8-14-24/h2-3,5-8,11-14,17-20,25H,4,9-10,15-16,21H2,1H3/b28-20-,31-30?. The number of hydrogen-bond donors (Lipinski definition) is 0. The van der Waals surface area contributed by atoms with E-state index in [2.05, 4.69) is 0 Å². The molecule has 0 atom stereocenters. The summed E-state index contributed by atoms with van der Waals surface area (Å²) in [6.45, 7) is 0.460. The van der Waals surface area contributed by atoms with E-state index in [1.807, 2.05) is 89.8 Å². The van der Waals surface area contributed by atoms with Gasteiger partial charge in [-0.2, -0.15) is 0 Å². The van der Waals surface area contributed by atoms with E-state index in [-0.39, 0.29) is 11.9 Å². The molecule has 0 aromatic heterocycles. The van der Waals surface area contributed by atoms with Crippen molar-refractivity contribution in [2.45, 2.75) is 44.8 Å². The van der Waals surface area contributed by atoms with Gasteiger partial charge in [0.1, 0.15) is 6.61 Å². The lowest BCUT2D eigenvalue weighted by molar-refractivity contribution is -0.124.